The largest absolute Gasteiger partial charge is 0.346 e. The highest BCUT2D eigenvalue weighted by atomic mass is 35.5. The summed E-state index contributed by atoms with van der Waals surface area (Å²) in [4.78, 5) is 12.0. The Kier molecular flexibility index (Phi) is 6.97. The highest BCUT2D eigenvalue weighted by molar-refractivity contribution is 7.89. The van der Waals surface area contributed by atoms with Crippen molar-refractivity contribution >= 4 is 27.5 Å². The molecule has 0 bridgehead atoms. The van der Waals surface area contributed by atoms with Crippen LogP contribution in [0.25, 0.3) is 0 Å². The number of halogens is 2. The number of carbonyl (C=O) groups excluding carboxylic acids is 1. The molecule has 5 nitrogen and oxygen atoms in total. The molecular formula is C19H22ClFN2O3S. The minimum atomic E-state index is -4.01. The van der Waals surface area contributed by atoms with Gasteiger partial charge in [-0.3, -0.25) is 4.79 Å². The molecule has 0 aliphatic carbocycles. The van der Waals surface area contributed by atoms with E-state index in [1.807, 2.05) is 0 Å². The van der Waals surface area contributed by atoms with Crippen molar-refractivity contribution in [2.75, 3.05) is 13.1 Å². The van der Waals surface area contributed by atoms with Gasteiger partial charge >= 0.3 is 0 Å². The zero-order valence-electron chi connectivity index (χ0n) is 15.4. The fourth-order valence-corrected chi connectivity index (χ4v) is 4.33. The molecule has 0 fully saturated rings. The van der Waals surface area contributed by atoms with Crippen LogP contribution in [0.1, 0.15) is 42.7 Å². The monoisotopic (exact) mass is 412 g/mol. The molecule has 1 unspecified atom stereocenters. The Bertz CT molecular complexity index is 913. The van der Waals surface area contributed by atoms with Gasteiger partial charge in [-0.1, -0.05) is 37.6 Å². The van der Waals surface area contributed by atoms with Crippen molar-refractivity contribution in [3.63, 3.8) is 0 Å². The van der Waals surface area contributed by atoms with E-state index in [1.165, 1.54) is 6.07 Å². The van der Waals surface area contributed by atoms with E-state index in [9.17, 15) is 17.6 Å². The molecule has 1 atom stereocenters. The molecule has 2 aromatic carbocycles. The van der Waals surface area contributed by atoms with Crippen molar-refractivity contribution in [2.24, 2.45) is 0 Å². The first kappa shape index (κ1) is 21.3. The highest BCUT2D eigenvalue weighted by Crippen LogP contribution is 2.22. The number of sulfonamides is 1. The maximum Gasteiger partial charge on any atom is 0.251 e. The molecule has 27 heavy (non-hydrogen) atoms. The Morgan fingerprint density at radius 1 is 1.15 bits per heavy atom. The molecule has 2 rings (SSSR count). The Balaban J connectivity index is 2.29. The van der Waals surface area contributed by atoms with E-state index >= 15 is 0 Å². The first-order valence-electron chi connectivity index (χ1n) is 8.56. The number of amides is 1. The molecule has 1 N–H and O–H groups in total. The second-order valence-corrected chi connectivity index (χ2v) is 8.32. The van der Waals surface area contributed by atoms with Crippen LogP contribution in [0.5, 0.6) is 0 Å². The van der Waals surface area contributed by atoms with Crippen LogP contribution in [-0.4, -0.2) is 31.7 Å². The molecule has 0 radical (unpaired) electrons. The first-order chi connectivity index (χ1) is 12.7. The summed E-state index contributed by atoms with van der Waals surface area (Å²) in [5, 5.41) is 3.36. The Morgan fingerprint density at radius 3 is 2.30 bits per heavy atom. The number of nitrogens with zero attached hydrogens (tertiary/aromatic N) is 1. The Hall–Kier alpha value is -1.96. The molecule has 8 heteroatoms. The van der Waals surface area contributed by atoms with Gasteiger partial charge in [0.2, 0.25) is 10.0 Å². The summed E-state index contributed by atoms with van der Waals surface area (Å²) in [6, 6.07) is 10.0. The van der Waals surface area contributed by atoms with Gasteiger partial charge in [0, 0.05) is 23.7 Å². The van der Waals surface area contributed by atoms with Gasteiger partial charge in [0.15, 0.2) is 0 Å². The van der Waals surface area contributed by atoms with Crippen LogP contribution in [0.4, 0.5) is 4.39 Å². The summed E-state index contributed by atoms with van der Waals surface area (Å²) in [6.07, 6.45) is 0. The number of hydrogen-bond donors (Lipinski definition) is 1. The lowest BCUT2D eigenvalue weighted by Crippen LogP contribution is -2.32. The first-order valence-corrected chi connectivity index (χ1v) is 10.4. The lowest BCUT2D eigenvalue weighted by atomic mass is 10.1. The SMILES string of the molecule is CCN(CC)S(=O)(=O)c1cc(C(=O)NC(C)c2ccc(Cl)cc2)ccc1F. The van der Waals surface area contributed by atoms with Gasteiger partial charge in [-0.05, 0) is 42.8 Å². The van der Waals surface area contributed by atoms with E-state index < -0.39 is 26.6 Å². The van der Waals surface area contributed by atoms with Gasteiger partial charge in [-0.15, -0.1) is 0 Å². The molecule has 146 valence electrons. The Morgan fingerprint density at radius 2 is 1.74 bits per heavy atom. The maximum atomic E-state index is 14.2. The van der Waals surface area contributed by atoms with Crippen molar-refractivity contribution in [1.29, 1.82) is 0 Å². The third-order valence-corrected chi connectivity index (χ3v) is 6.55. The van der Waals surface area contributed by atoms with Crippen molar-refractivity contribution in [2.45, 2.75) is 31.7 Å². The summed E-state index contributed by atoms with van der Waals surface area (Å²) in [6.45, 7) is 5.55. The molecule has 0 aliphatic rings. The van der Waals surface area contributed by atoms with Crippen LogP contribution in [-0.2, 0) is 10.0 Å². The summed E-state index contributed by atoms with van der Waals surface area (Å²) in [5.41, 5.74) is 0.911. The zero-order chi connectivity index (χ0) is 20.2. The van der Waals surface area contributed by atoms with E-state index in [0.29, 0.717) is 5.02 Å². The molecule has 0 saturated heterocycles. The van der Waals surface area contributed by atoms with Gasteiger partial charge in [0.1, 0.15) is 10.7 Å². The van der Waals surface area contributed by atoms with Gasteiger partial charge in [0.25, 0.3) is 5.91 Å². The van der Waals surface area contributed by atoms with Crippen molar-refractivity contribution in [1.82, 2.24) is 9.62 Å². The second kappa shape index (κ2) is 8.82. The molecule has 0 saturated carbocycles. The highest BCUT2D eigenvalue weighted by Gasteiger charge is 2.26. The molecule has 0 aromatic heterocycles. The minimum absolute atomic E-state index is 0.0722. The van der Waals surface area contributed by atoms with E-state index in [4.69, 9.17) is 11.6 Å². The number of carbonyl (C=O) groups is 1. The number of hydrogen-bond acceptors (Lipinski definition) is 3. The summed E-state index contributed by atoms with van der Waals surface area (Å²) >= 11 is 5.86. The lowest BCUT2D eigenvalue weighted by Gasteiger charge is -2.19. The van der Waals surface area contributed by atoms with Crippen LogP contribution < -0.4 is 5.32 Å². The second-order valence-electron chi connectivity index (χ2n) is 5.98. The van der Waals surface area contributed by atoms with Crippen LogP contribution in [0.2, 0.25) is 5.02 Å². The smallest absolute Gasteiger partial charge is 0.251 e. The third-order valence-electron chi connectivity index (χ3n) is 4.23. The van der Waals surface area contributed by atoms with Gasteiger partial charge in [-0.25, -0.2) is 12.8 Å². The molecule has 1 amide bonds. The number of nitrogens with one attached hydrogen (secondary N) is 1. The normalized spacial score (nSPS) is 12.8. The molecule has 0 aliphatic heterocycles. The standard InChI is InChI=1S/C19H22ClFN2O3S/c1-4-23(5-2)27(25,26)18-12-15(8-11-17(18)21)19(24)22-13(3)14-6-9-16(20)10-7-14/h6-13H,4-5H2,1-3H3,(H,22,24). The third kappa shape index (κ3) is 4.86. The average molecular weight is 413 g/mol. The molecular weight excluding hydrogens is 391 g/mol. The topological polar surface area (TPSA) is 66.5 Å². The van der Waals surface area contributed by atoms with Crippen molar-refractivity contribution in [3.05, 3.63) is 64.4 Å². The molecule has 0 heterocycles. The predicted octanol–water partition coefficient (Wildman–Crippen LogP) is 4.00. The molecule has 2 aromatic rings. The fraction of sp³-hybridized carbons (Fsp3) is 0.316. The van der Waals surface area contributed by atoms with Gasteiger partial charge in [-0.2, -0.15) is 4.31 Å². The zero-order valence-corrected chi connectivity index (χ0v) is 16.9. The van der Waals surface area contributed by atoms with E-state index in [2.05, 4.69) is 5.32 Å². The average Bonchev–Trinajstić information content (AvgIpc) is 2.63. The predicted molar refractivity (Wildman–Crippen MR) is 104 cm³/mol. The van der Waals surface area contributed by atoms with Gasteiger partial charge in [0.05, 0.1) is 6.04 Å². The Labute approximate surface area is 164 Å². The molecule has 0 spiro atoms. The van der Waals surface area contributed by atoms with Crippen LogP contribution in [0.3, 0.4) is 0 Å². The quantitative estimate of drug-likeness (QED) is 0.747. The minimum Gasteiger partial charge on any atom is -0.346 e. The fourth-order valence-electron chi connectivity index (χ4n) is 2.66. The number of rotatable bonds is 7. The van der Waals surface area contributed by atoms with E-state index in [0.717, 1.165) is 22.0 Å². The number of benzene rings is 2. The summed E-state index contributed by atoms with van der Waals surface area (Å²) in [5.74, 6) is -1.38. The van der Waals surface area contributed by atoms with Crippen molar-refractivity contribution in [3.8, 4) is 0 Å². The lowest BCUT2D eigenvalue weighted by molar-refractivity contribution is 0.0939. The van der Waals surface area contributed by atoms with E-state index in [1.54, 1.807) is 45.0 Å². The van der Waals surface area contributed by atoms with Crippen molar-refractivity contribution < 1.29 is 17.6 Å². The van der Waals surface area contributed by atoms with E-state index in [-0.39, 0.29) is 24.7 Å². The van der Waals surface area contributed by atoms with Crippen LogP contribution in [0.15, 0.2) is 47.4 Å². The van der Waals surface area contributed by atoms with Crippen LogP contribution in [0, 0.1) is 5.82 Å². The van der Waals surface area contributed by atoms with Crippen LogP contribution >= 0.6 is 11.6 Å². The maximum absolute atomic E-state index is 14.2. The summed E-state index contributed by atoms with van der Waals surface area (Å²) in [7, 11) is -4.01. The van der Waals surface area contributed by atoms with Gasteiger partial charge < -0.3 is 5.32 Å². The summed E-state index contributed by atoms with van der Waals surface area (Å²) < 4.78 is 40.5.